The van der Waals surface area contributed by atoms with Crippen molar-refractivity contribution >= 4 is 26.8 Å². The summed E-state index contributed by atoms with van der Waals surface area (Å²) in [4.78, 5) is 6.24. The molecule has 3 aromatic rings. The second kappa shape index (κ2) is 6.78. The molecule has 0 saturated carbocycles. The summed E-state index contributed by atoms with van der Waals surface area (Å²) in [5.74, 6) is 0.892. The zero-order valence-electron chi connectivity index (χ0n) is 15.9. The summed E-state index contributed by atoms with van der Waals surface area (Å²) in [7, 11) is 0. The van der Waals surface area contributed by atoms with Crippen LogP contribution in [-0.4, -0.2) is 34.6 Å². The number of hydrogen-bond donors (Lipinski definition) is 2. The number of phenols is 1. The molecule has 2 heterocycles. The monoisotopic (exact) mass is 436 g/mol. The second-order valence-corrected chi connectivity index (χ2v) is 9.27. The predicted octanol–water partition coefficient (Wildman–Crippen LogP) is 5.18. The third kappa shape index (κ3) is 2.82. The van der Waals surface area contributed by atoms with Crippen LogP contribution in [0.15, 0.2) is 59.6 Å². The fraction of sp³-hybridized carbons (Fsp3) is 0.333. The Morgan fingerprint density at radius 2 is 2.18 bits per heavy atom. The van der Waals surface area contributed by atoms with E-state index in [1.807, 2.05) is 18.2 Å². The molecule has 1 aromatic heterocycles. The zero-order chi connectivity index (χ0) is 19.3. The lowest BCUT2D eigenvalue weighted by Crippen LogP contribution is -2.53. The van der Waals surface area contributed by atoms with Crippen molar-refractivity contribution in [3.63, 3.8) is 0 Å². The van der Waals surface area contributed by atoms with Crippen LogP contribution < -0.4 is 0 Å². The van der Waals surface area contributed by atoms with E-state index in [2.05, 4.69) is 56.7 Å². The quantitative estimate of drug-likeness (QED) is 0.555. The Bertz CT molecular complexity index is 1060. The van der Waals surface area contributed by atoms with Crippen molar-refractivity contribution < 1.29 is 5.11 Å². The summed E-state index contributed by atoms with van der Waals surface area (Å²) in [5, 5.41) is 11.5. The number of aromatic hydroxyl groups is 1. The highest BCUT2D eigenvalue weighted by molar-refractivity contribution is 9.10. The van der Waals surface area contributed by atoms with Gasteiger partial charge in [0.1, 0.15) is 5.75 Å². The molecular weight excluding hydrogens is 412 g/mol. The molecule has 4 heteroatoms. The first-order valence-electron chi connectivity index (χ1n) is 10.0. The fourth-order valence-electron chi connectivity index (χ4n) is 5.51. The van der Waals surface area contributed by atoms with E-state index in [0.29, 0.717) is 11.7 Å². The van der Waals surface area contributed by atoms with Gasteiger partial charge in [-0.3, -0.25) is 4.90 Å². The van der Waals surface area contributed by atoms with Crippen LogP contribution >= 0.6 is 15.9 Å². The number of aromatic amines is 1. The average Bonchev–Trinajstić information content (AvgIpc) is 3.02. The Kier molecular flexibility index (Phi) is 4.37. The molecule has 28 heavy (non-hydrogen) atoms. The number of piperidine rings is 1. The number of likely N-dealkylation sites (tertiary alicyclic amines) is 1. The van der Waals surface area contributed by atoms with Gasteiger partial charge in [0.05, 0.1) is 0 Å². The van der Waals surface area contributed by atoms with E-state index >= 15 is 0 Å². The second-order valence-electron chi connectivity index (χ2n) is 8.35. The van der Waals surface area contributed by atoms with Crippen molar-refractivity contribution in [1.82, 2.24) is 9.88 Å². The molecule has 2 N–H and O–H groups in total. The van der Waals surface area contributed by atoms with Crippen molar-refractivity contribution in [3.05, 3.63) is 76.4 Å². The van der Waals surface area contributed by atoms with Gasteiger partial charge in [0.2, 0.25) is 0 Å². The smallest absolute Gasteiger partial charge is 0.115 e. The summed E-state index contributed by atoms with van der Waals surface area (Å²) in [6, 6.07) is 14.5. The predicted molar refractivity (Wildman–Crippen MR) is 118 cm³/mol. The van der Waals surface area contributed by atoms with Gasteiger partial charge in [-0.15, -0.1) is 6.58 Å². The number of hydrogen-bond acceptors (Lipinski definition) is 2. The average molecular weight is 437 g/mol. The summed E-state index contributed by atoms with van der Waals surface area (Å²) < 4.78 is 1.11. The van der Waals surface area contributed by atoms with E-state index in [4.69, 9.17) is 0 Å². The van der Waals surface area contributed by atoms with Crippen LogP contribution in [-0.2, 0) is 18.3 Å². The van der Waals surface area contributed by atoms with Gasteiger partial charge in [0, 0.05) is 39.6 Å². The number of nitrogens with zero attached hydrogens (tertiary/aromatic N) is 1. The summed E-state index contributed by atoms with van der Waals surface area (Å²) in [6.07, 6.45) is 5.19. The first kappa shape index (κ1) is 18.0. The Balaban J connectivity index is 1.64. The maximum absolute atomic E-state index is 10.2. The number of rotatable bonds is 3. The molecule has 2 aromatic carbocycles. The molecule has 0 radical (unpaired) electrons. The minimum Gasteiger partial charge on any atom is -0.508 e. The largest absolute Gasteiger partial charge is 0.508 e. The summed E-state index contributed by atoms with van der Waals surface area (Å²) >= 11 is 3.60. The first-order chi connectivity index (χ1) is 13.6. The standard InChI is InChI=1S/C24H25BrN2O/c1-2-9-27-10-8-24(16-4-3-5-19(28)11-16)14-23-21(12-17(24)15-27)20-7-6-18(25)13-22(20)26-23/h2-7,11,13,17,26,28H,1,8-10,12,14-15H2/t17?,24-/m1/s1. The van der Waals surface area contributed by atoms with Gasteiger partial charge >= 0.3 is 0 Å². The van der Waals surface area contributed by atoms with Gasteiger partial charge in [-0.2, -0.15) is 0 Å². The Morgan fingerprint density at radius 3 is 3.00 bits per heavy atom. The van der Waals surface area contributed by atoms with Crippen LogP contribution in [0.4, 0.5) is 0 Å². The molecule has 1 aliphatic heterocycles. The van der Waals surface area contributed by atoms with Crippen LogP contribution in [0.1, 0.15) is 23.2 Å². The van der Waals surface area contributed by atoms with Crippen LogP contribution in [0.3, 0.4) is 0 Å². The molecule has 144 valence electrons. The van der Waals surface area contributed by atoms with Gasteiger partial charge in [-0.1, -0.05) is 40.2 Å². The molecular formula is C24H25BrN2O. The molecule has 5 rings (SSSR count). The van der Waals surface area contributed by atoms with Gasteiger partial charge in [0.15, 0.2) is 0 Å². The number of H-pyrrole nitrogens is 1. The number of phenolic OH excluding ortho intramolecular Hbond substituents is 1. The van der Waals surface area contributed by atoms with Crippen molar-refractivity contribution in [3.8, 4) is 5.75 Å². The molecule has 0 amide bonds. The Morgan fingerprint density at radius 1 is 1.29 bits per heavy atom. The lowest BCUT2D eigenvalue weighted by Gasteiger charge is -2.51. The lowest BCUT2D eigenvalue weighted by atomic mass is 9.58. The zero-order valence-corrected chi connectivity index (χ0v) is 17.5. The maximum Gasteiger partial charge on any atom is 0.115 e. The number of fused-ring (bicyclic) bond motifs is 4. The number of benzene rings is 2. The molecule has 1 fully saturated rings. The van der Waals surface area contributed by atoms with Crippen LogP contribution in [0, 0.1) is 5.92 Å². The van der Waals surface area contributed by atoms with E-state index < -0.39 is 0 Å². The number of halogens is 1. The van der Waals surface area contributed by atoms with E-state index in [1.165, 1.54) is 27.7 Å². The molecule has 2 atom stereocenters. The van der Waals surface area contributed by atoms with Gasteiger partial charge in [-0.25, -0.2) is 0 Å². The third-order valence-corrected chi connectivity index (χ3v) is 7.34. The maximum atomic E-state index is 10.2. The fourth-order valence-corrected chi connectivity index (χ4v) is 5.87. The molecule has 2 aliphatic rings. The number of aromatic nitrogens is 1. The van der Waals surface area contributed by atoms with Gasteiger partial charge < -0.3 is 10.1 Å². The van der Waals surface area contributed by atoms with Crippen molar-refractivity contribution in [2.24, 2.45) is 5.92 Å². The molecule has 0 spiro atoms. The molecule has 1 unspecified atom stereocenters. The SMILES string of the molecule is C=CCN1CC[C@]2(c3cccc(O)c3)Cc3[nH]c4cc(Br)ccc4c3CC2C1. The highest BCUT2D eigenvalue weighted by atomic mass is 79.9. The highest BCUT2D eigenvalue weighted by Gasteiger charge is 2.47. The van der Waals surface area contributed by atoms with Crippen molar-refractivity contribution in [2.75, 3.05) is 19.6 Å². The summed E-state index contributed by atoms with van der Waals surface area (Å²) in [5.41, 5.74) is 5.41. The van der Waals surface area contributed by atoms with Gasteiger partial charge in [0.25, 0.3) is 0 Å². The Hall–Kier alpha value is -2.04. The third-order valence-electron chi connectivity index (χ3n) is 6.84. The van der Waals surface area contributed by atoms with Crippen LogP contribution in [0.2, 0.25) is 0 Å². The minimum atomic E-state index is 0.0710. The van der Waals surface area contributed by atoms with E-state index in [-0.39, 0.29) is 5.41 Å². The Labute approximate surface area is 174 Å². The summed E-state index contributed by atoms with van der Waals surface area (Å²) in [6.45, 7) is 7.03. The van der Waals surface area contributed by atoms with E-state index in [9.17, 15) is 5.11 Å². The van der Waals surface area contributed by atoms with Crippen molar-refractivity contribution in [1.29, 1.82) is 0 Å². The van der Waals surface area contributed by atoms with Gasteiger partial charge in [-0.05, 0) is 67.1 Å². The lowest BCUT2D eigenvalue weighted by molar-refractivity contribution is 0.0896. The topological polar surface area (TPSA) is 39.3 Å². The molecule has 3 nitrogen and oxygen atoms in total. The first-order valence-corrected chi connectivity index (χ1v) is 10.8. The minimum absolute atomic E-state index is 0.0710. The molecule has 1 saturated heterocycles. The van der Waals surface area contributed by atoms with E-state index in [1.54, 1.807) is 6.07 Å². The highest BCUT2D eigenvalue weighted by Crippen LogP contribution is 2.49. The van der Waals surface area contributed by atoms with Crippen molar-refractivity contribution in [2.45, 2.75) is 24.7 Å². The van der Waals surface area contributed by atoms with Crippen LogP contribution in [0.5, 0.6) is 5.75 Å². The van der Waals surface area contributed by atoms with Crippen LogP contribution in [0.25, 0.3) is 10.9 Å². The molecule has 0 bridgehead atoms. The molecule has 1 aliphatic carbocycles. The number of nitrogens with one attached hydrogen (secondary N) is 1. The normalized spacial score (nSPS) is 24.7. The van der Waals surface area contributed by atoms with E-state index in [0.717, 1.165) is 43.4 Å².